The van der Waals surface area contributed by atoms with Gasteiger partial charge in [-0.2, -0.15) is 0 Å². The Balaban J connectivity index is 2.44. The number of benzene rings is 1. The van der Waals surface area contributed by atoms with Gasteiger partial charge in [0.15, 0.2) is 0 Å². The van der Waals surface area contributed by atoms with Gasteiger partial charge >= 0.3 is 0 Å². The number of aromatic nitrogens is 2. The first-order valence-electron chi connectivity index (χ1n) is 4.64. The molecule has 0 radical (unpaired) electrons. The van der Waals surface area contributed by atoms with Crippen molar-refractivity contribution in [2.75, 3.05) is 0 Å². The van der Waals surface area contributed by atoms with Crippen molar-refractivity contribution >= 4 is 0 Å². The molecule has 0 saturated carbocycles. The fourth-order valence-electron chi connectivity index (χ4n) is 1.37. The second-order valence-corrected chi connectivity index (χ2v) is 3.10. The minimum Gasteiger partial charge on any atom is -0.507 e. The van der Waals surface area contributed by atoms with Crippen LogP contribution in [0.1, 0.15) is 12.7 Å². The Hall–Kier alpha value is -1.77. The van der Waals surface area contributed by atoms with Gasteiger partial charge in [-0.1, -0.05) is 19.1 Å². The van der Waals surface area contributed by atoms with Gasteiger partial charge in [-0.25, -0.2) is 4.98 Å². The maximum absolute atomic E-state index is 9.59. The Labute approximate surface area is 82.4 Å². The molecule has 1 aromatic heterocycles. The molecule has 72 valence electrons. The standard InChI is InChI=1S/C11H12N2O/c1-2-11-12-7-9(13-11)8-5-3-4-6-10(8)14/h3-7,14H,2H2,1H3,(H,12,13). The Morgan fingerprint density at radius 2 is 2.14 bits per heavy atom. The highest BCUT2D eigenvalue weighted by molar-refractivity contribution is 5.65. The molecule has 0 aliphatic rings. The van der Waals surface area contributed by atoms with Gasteiger partial charge < -0.3 is 10.1 Å². The lowest BCUT2D eigenvalue weighted by Gasteiger charge is -1.98. The number of H-pyrrole nitrogens is 1. The first-order chi connectivity index (χ1) is 6.81. The van der Waals surface area contributed by atoms with Crippen LogP contribution in [0.2, 0.25) is 0 Å². The summed E-state index contributed by atoms with van der Waals surface area (Å²) >= 11 is 0. The second-order valence-electron chi connectivity index (χ2n) is 3.10. The van der Waals surface area contributed by atoms with E-state index in [0.717, 1.165) is 23.5 Å². The van der Waals surface area contributed by atoms with E-state index in [1.54, 1.807) is 12.1 Å². The predicted octanol–water partition coefficient (Wildman–Crippen LogP) is 2.34. The first kappa shape index (κ1) is 8.81. The molecule has 2 rings (SSSR count). The van der Waals surface area contributed by atoms with Crippen LogP contribution in [0.3, 0.4) is 0 Å². The predicted molar refractivity (Wildman–Crippen MR) is 55.1 cm³/mol. The molecule has 0 aliphatic heterocycles. The molecular formula is C11H12N2O. The van der Waals surface area contributed by atoms with Crippen molar-refractivity contribution in [3.8, 4) is 17.0 Å². The van der Waals surface area contributed by atoms with Crippen molar-refractivity contribution in [1.29, 1.82) is 0 Å². The van der Waals surface area contributed by atoms with E-state index in [4.69, 9.17) is 0 Å². The lowest BCUT2D eigenvalue weighted by atomic mass is 10.1. The van der Waals surface area contributed by atoms with E-state index < -0.39 is 0 Å². The summed E-state index contributed by atoms with van der Waals surface area (Å²) in [6.45, 7) is 2.04. The molecule has 3 nitrogen and oxygen atoms in total. The fourth-order valence-corrected chi connectivity index (χ4v) is 1.37. The second kappa shape index (κ2) is 3.54. The number of imidazole rings is 1. The molecule has 0 bridgehead atoms. The lowest BCUT2D eigenvalue weighted by Crippen LogP contribution is -1.82. The Morgan fingerprint density at radius 1 is 1.36 bits per heavy atom. The van der Waals surface area contributed by atoms with E-state index in [1.807, 2.05) is 25.3 Å². The van der Waals surface area contributed by atoms with Crippen molar-refractivity contribution < 1.29 is 5.11 Å². The number of nitrogens with one attached hydrogen (secondary N) is 1. The first-order valence-corrected chi connectivity index (χ1v) is 4.64. The monoisotopic (exact) mass is 188 g/mol. The number of phenols is 1. The van der Waals surface area contributed by atoms with Crippen molar-refractivity contribution in [2.45, 2.75) is 13.3 Å². The summed E-state index contributed by atoms with van der Waals surface area (Å²) in [7, 11) is 0. The highest BCUT2D eigenvalue weighted by Gasteiger charge is 2.06. The molecule has 1 heterocycles. The van der Waals surface area contributed by atoms with Gasteiger partial charge in [0.2, 0.25) is 0 Å². The Morgan fingerprint density at radius 3 is 2.79 bits per heavy atom. The topological polar surface area (TPSA) is 48.9 Å². The maximum atomic E-state index is 9.59. The molecule has 3 heteroatoms. The summed E-state index contributed by atoms with van der Waals surface area (Å²) in [5.74, 6) is 1.20. The van der Waals surface area contributed by atoms with Crippen molar-refractivity contribution in [1.82, 2.24) is 9.97 Å². The van der Waals surface area contributed by atoms with Crippen molar-refractivity contribution in [2.24, 2.45) is 0 Å². The molecule has 0 aliphatic carbocycles. The molecule has 14 heavy (non-hydrogen) atoms. The minimum absolute atomic E-state index is 0.265. The van der Waals surface area contributed by atoms with E-state index in [9.17, 15) is 5.11 Å². The normalized spacial score (nSPS) is 10.4. The average Bonchev–Trinajstić information content (AvgIpc) is 2.67. The zero-order valence-electron chi connectivity index (χ0n) is 7.99. The van der Waals surface area contributed by atoms with Crippen LogP contribution in [-0.4, -0.2) is 15.1 Å². The number of rotatable bonds is 2. The zero-order valence-corrected chi connectivity index (χ0v) is 7.99. The Bertz CT molecular complexity index is 434. The molecule has 2 N–H and O–H groups in total. The molecule has 2 aromatic rings. The van der Waals surface area contributed by atoms with Gasteiger partial charge in [0.05, 0.1) is 5.69 Å². The fraction of sp³-hybridized carbons (Fsp3) is 0.182. The molecule has 0 fully saturated rings. The summed E-state index contributed by atoms with van der Waals surface area (Å²) in [6.07, 6.45) is 2.68. The number of nitrogens with zero attached hydrogens (tertiary/aromatic N) is 1. The average molecular weight is 188 g/mol. The summed E-state index contributed by atoms with van der Waals surface area (Å²) in [6, 6.07) is 7.20. The van der Waals surface area contributed by atoms with Crippen LogP contribution >= 0.6 is 0 Å². The van der Waals surface area contributed by atoms with Gasteiger partial charge in [-0.3, -0.25) is 0 Å². The van der Waals surface area contributed by atoms with Gasteiger partial charge in [-0.05, 0) is 12.1 Å². The molecule has 0 atom stereocenters. The van der Waals surface area contributed by atoms with E-state index >= 15 is 0 Å². The zero-order chi connectivity index (χ0) is 9.97. The lowest BCUT2D eigenvalue weighted by molar-refractivity contribution is 0.477. The van der Waals surface area contributed by atoms with E-state index in [0.29, 0.717) is 0 Å². The van der Waals surface area contributed by atoms with Crippen LogP contribution in [0.25, 0.3) is 11.3 Å². The van der Waals surface area contributed by atoms with E-state index in [1.165, 1.54) is 0 Å². The SMILES string of the molecule is CCc1nc(-c2ccccc2O)c[nH]1. The number of hydrogen-bond acceptors (Lipinski definition) is 2. The van der Waals surface area contributed by atoms with E-state index in [2.05, 4.69) is 9.97 Å². The molecule has 0 spiro atoms. The summed E-state index contributed by atoms with van der Waals surface area (Å²) in [5, 5.41) is 9.59. The Kier molecular flexibility index (Phi) is 2.23. The maximum Gasteiger partial charge on any atom is 0.125 e. The summed E-state index contributed by atoms with van der Waals surface area (Å²) in [4.78, 5) is 7.40. The highest BCUT2D eigenvalue weighted by Crippen LogP contribution is 2.26. The number of phenolic OH excluding ortho intramolecular Hbond substituents is 1. The molecular weight excluding hydrogens is 176 g/mol. The third-order valence-electron chi connectivity index (χ3n) is 2.15. The van der Waals surface area contributed by atoms with Crippen molar-refractivity contribution in [3.05, 3.63) is 36.3 Å². The molecule has 0 unspecified atom stereocenters. The number of aromatic hydroxyl groups is 1. The van der Waals surface area contributed by atoms with Gasteiger partial charge in [0, 0.05) is 18.2 Å². The summed E-state index contributed by atoms with van der Waals surface area (Å²) in [5.41, 5.74) is 1.56. The number of para-hydroxylation sites is 1. The van der Waals surface area contributed by atoms with Crippen LogP contribution in [0.15, 0.2) is 30.5 Å². The third kappa shape index (κ3) is 1.48. The smallest absolute Gasteiger partial charge is 0.125 e. The van der Waals surface area contributed by atoms with Crippen LogP contribution in [0.5, 0.6) is 5.75 Å². The number of aryl methyl sites for hydroxylation is 1. The summed E-state index contributed by atoms with van der Waals surface area (Å²) < 4.78 is 0. The molecule has 0 saturated heterocycles. The van der Waals surface area contributed by atoms with Crippen LogP contribution in [-0.2, 0) is 6.42 Å². The largest absolute Gasteiger partial charge is 0.507 e. The third-order valence-corrected chi connectivity index (χ3v) is 2.15. The van der Waals surface area contributed by atoms with Crippen LogP contribution < -0.4 is 0 Å². The van der Waals surface area contributed by atoms with Gasteiger partial charge in [-0.15, -0.1) is 0 Å². The number of aromatic amines is 1. The van der Waals surface area contributed by atoms with Crippen LogP contribution in [0.4, 0.5) is 0 Å². The quantitative estimate of drug-likeness (QED) is 0.760. The molecule has 1 aromatic carbocycles. The molecule has 0 amide bonds. The van der Waals surface area contributed by atoms with Crippen molar-refractivity contribution in [3.63, 3.8) is 0 Å². The van der Waals surface area contributed by atoms with Gasteiger partial charge in [0.25, 0.3) is 0 Å². The van der Waals surface area contributed by atoms with Crippen LogP contribution in [0, 0.1) is 0 Å². The minimum atomic E-state index is 0.265. The highest BCUT2D eigenvalue weighted by atomic mass is 16.3. The number of hydrogen-bond donors (Lipinski definition) is 2. The van der Waals surface area contributed by atoms with E-state index in [-0.39, 0.29) is 5.75 Å². The van der Waals surface area contributed by atoms with Gasteiger partial charge in [0.1, 0.15) is 11.6 Å².